The first-order valence-electron chi connectivity index (χ1n) is 6.96. The number of amides is 1. The molecule has 0 saturated carbocycles. The average molecular weight is 264 g/mol. The van der Waals surface area contributed by atoms with Crippen molar-refractivity contribution < 1.29 is 9.18 Å². The molecular weight excluding hydrogens is 243 g/mol. The van der Waals surface area contributed by atoms with Gasteiger partial charge in [0.15, 0.2) is 0 Å². The van der Waals surface area contributed by atoms with Crippen LogP contribution in [0.3, 0.4) is 0 Å². The molecule has 0 spiro atoms. The molecule has 1 heterocycles. The maximum Gasteiger partial charge on any atom is 0.253 e. The fourth-order valence-corrected chi connectivity index (χ4v) is 2.69. The standard InChI is InChI=1S/C15H21FN2O/c1-2-3-11-6-8-18(9-7-11)15(19)12-4-5-13(16)14(17)10-12/h4-5,10-11H,2-3,6-9,17H2,1H3. The number of carbonyl (C=O) groups is 1. The second-order valence-corrected chi connectivity index (χ2v) is 5.26. The lowest BCUT2D eigenvalue weighted by Crippen LogP contribution is -2.38. The molecule has 2 rings (SSSR count). The number of nitrogens with zero attached hydrogens (tertiary/aromatic N) is 1. The Morgan fingerprint density at radius 3 is 2.68 bits per heavy atom. The van der Waals surface area contributed by atoms with E-state index < -0.39 is 5.82 Å². The highest BCUT2D eigenvalue weighted by atomic mass is 19.1. The molecule has 1 aromatic carbocycles. The number of hydrogen-bond donors (Lipinski definition) is 1. The summed E-state index contributed by atoms with van der Waals surface area (Å²) in [6.07, 6.45) is 4.57. The first-order valence-corrected chi connectivity index (χ1v) is 6.96. The Balaban J connectivity index is 1.99. The van der Waals surface area contributed by atoms with Gasteiger partial charge in [-0.15, -0.1) is 0 Å². The van der Waals surface area contributed by atoms with E-state index in [9.17, 15) is 9.18 Å². The normalized spacial score (nSPS) is 16.6. The van der Waals surface area contributed by atoms with E-state index in [0.717, 1.165) is 31.8 Å². The lowest BCUT2D eigenvalue weighted by Gasteiger charge is -2.32. The molecule has 1 aromatic rings. The van der Waals surface area contributed by atoms with E-state index in [1.165, 1.54) is 31.0 Å². The predicted molar refractivity (Wildman–Crippen MR) is 74.3 cm³/mol. The third-order valence-electron chi connectivity index (χ3n) is 3.84. The van der Waals surface area contributed by atoms with Crippen LogP contribution in [-0.4, -0.2) is 23.9 Å². The van der Waals surface area contributed by atoms with Gasteiger partial charge < -0.3 is 10.6 Å². The maximum absolute atomic E-state index is 13.1. The number of hydrogen-bond acceptors (Lipinski definition) is 2. The van der Waals surface area contributed by atoms with Crippen LogP contribution in [0.4, 0.5) is 10.1 Å². The van der Waals surface area contributed by atoms with Crippen LogP contribution in [0.25, 0.3) is 0 Å². The van der Waals surface area contributed by atoms with Gasteiger partial charge >= 0.3 is 0 Å². The molecule has 1 aliphatic heterocycles. The van der Waals surface area contributed by atoms with E-state index in [1.54, 1.807) is 0 Å². The third kappa shape index (κ3) is 3.25. The number of rotatable bonds is 3. The van der Waals surface area contributed by atoms with Crippen LogP contribution in [0.2, 0.25) is 0 Å². The van der Waals surface area contributed by atoms with Crippen molar-refractivity contribution in [3.05, 3.63) is 29.6 Å². The first kappa shape index (κ1) is 13.8. The van der Waals surface area contributed by atoms with E-state index in [1.807, 2.05) is 4.90 Å². The Labute approximate surface area is 113 Å². The van der Waals surface area contributed by atoms with Gasteiger partial charge in [-0.25, -0.2) is 4.39 Å². The van der Waals surface area contributed by atoms with Gasteiger partial charge in [-0.05, 0) is 37.0 Å². The molecule has 0 atom stereocenters. The number of anilines is 1. The number of nitrogen functional groups attached to an aromatic ring is 1. The van der Waals surface area contributed by atoms with Gasteiger partial charge in [0.25, 0.3) is 5.91 Å². The van der Waals surface area contributed by atoms with Crippen LogP contribution < -0.4 is 5.73 Å². The molecule has 0 bridgehead atoms. The molecule has 1 aliphatic rings. The van der Waals surface area contributed by atoms with E-state index in [4.69, 9.17) is 5.73 Å². The van der Waals surface area contributed by atoms with E-state index >= 15 is 0 Å². The quantitative estimate of drug-likeness (QED) is 0.853. The van der Waals surface area contributed by atoms with Gasteiger partial charge in [0.05, 0.1) is 5.69 Å². The molecule has 1 saturated heterocycles. The molecule has 104 valence electrons. The van der Waals surface area contributed by atoms with Gasteiger partial charge in [-0.2, -0.15) is 0 Å². The largest absolute Gasteiger partial charge is 0.396 e. The first-order chi connectivity index (χ1) is 9.11. The SMILES string of the molecule is CCCC1CCN(C(=O)c2ccc(F)c(N)c2)CC1. The molecule has 0 unspecified atom stereocenters. The molecule has 19 heavy (non-hydrogen) atoms. The summed E-state index contributed by atoms with van der Waals surface area (Å²) in [4.78, 5) is 14.1. The van der Waals surface area contributed by atoms with Crippen molar-refractivity contribution in [3.63, 3.8) is 0 Å². The Kier molecular flexibility index (Phi) is 4.40. The summed E-state index contributed by atoms with van der Waals surface area (Å²) in [5.41, 5.74) is 6.02. The molecule has 1 amide bonds. The van der Waals surface area contributed by atoms with Gasteiger partial charge in [-0.1, -0.05) is 19.8 Å². The minimum Gasteiger partial charge on any atom is -0.396 e. The molecule has 0 aliphatic carbocycles. The molecule has 3 nitrogen and oxygen atoms in total. The van der Waals surface area contributed by atoms with Crippen molar-refractivity contribution in [2.45, 2.75) is 32.6 Å². The molecule has 2 N–H and O–H groups in total. The predicted octanol–water partition coefficient (Wildman–Crippen LogP) is 3.06. The lowest BCUT2D eigenvalue weighted by atomic mass is 9.92. The summed E-state index contributed by atoms with van der Waals surface area (Å²) >= 11 is 0. The van der Waals surface area contributed by atoms with Crippen LogP contribution in [0, 0.1) is 11.7 Å². The summed E-state index contributed by atoms with van der Waals surface area (Å²) in [5.74, 6) is 0.229. The van der Waals surface area contributed by atoms with Gasteiger partial charge in [0, 0.05) is 18.7 Å². The summed E-state index contributed by atoms with van der Waals surface area (Å²) in [6.45, 7) is 3.78. The van der Waals surface area contributed by atoms with Gasteiger partial charge in [0.2, 0.25) is 0 Å². The van der Waals surface area contributed by atoms with Crippen molar-refractivity contribution in [1.29, 1.82) is 0 Å². The van der Waals surface area contributed by atoms with Crippen LogP contribution in [0.1, 0.15) is 43.0 Å². The Morgan fingerprint density at radius 1 is 1.42 bits per heavy atom. The minimum absolute atomic E-state index is 0.0340. The van der Waals surface area contributed by atoms with Crippen molar-refractivity contribution in [2.75, 3.05) is 18.8 Å². The number of halogens is 1. The van der Waals surface area contributed by atoms with Gasteiger partial charge in [-0.3, -0.25) is 4.79 Å². The topological polar surface area (TPSA) is 46.3 Å². The Morgan fingerprint density at radius 2 is 2.11 bits per heavy atom. The summed E-state index contributed by atoms with van der Waals surface area (Å²) in [6, 6.07) is 4.19. The Hall–Kier alpha value is -1.58. The molecule has 0 aromatic heterocycles. The summed E-state index contributed by atoms with van der Waals surface area (Å²) in [5, 5.41) is 0. The number of carbonyl (C=O) groups excluding carboxylic acids is 1. The van der Waals surface area contributed by atoms with Crippen molar-refractivity contribution in [1.82, 2.24) is 4.90 Å². The highest BCUT2D eigenvalue weighted by Gasteiger charge is 2.23. The van der Waals surface area contributed by atoms with Crippen molar-refractivity contribution >= 4 is 11.6 Å². The fraction of sp³-hybridized carbons (Fsp3) is 0.533. The second kappa shape index (κ2) is 6.04. The van der Waals surface area contributed by atoms with E-state index in [-0.39, 0.29) is 11.6 Å². The molecule has 4 heteroatoms. The zero-order valence-electron chi connectivity index (χ0n) is 11.4. The fourth-order valence-electron chi connectivity index (χ4n) is 2.69. The highest BCUT2D eigenvalue weighted by molar-refractivity contribution is 5.95. The number of nitrogens with two attached hydrogens (primary N) is 1. The smallest absolute Gasteiger partial charge is 0.253 e. The second-order valence-electron chi connectivity index (χ2n) is 5.26. The van der Waals surface area contributed by atoms with Crippen molar-refractivity contribution in [3.8, 4) is 0 Å². The molecular formula is C15H21FN2O. The number of piperidine rings is 1. The van der Waals surface area contributed by atoms with E-state index in [0.29, 0.717) is 5.56 Å². The maximum atomic E-state index is 13.1. The molecule has 1 fully saturated rings. The highest BCUT2D eigenvalue weighted by Crippen LogP contribution is 2.23. The van der Waals surface area contributed by atoms with E-state index in [2.05, 4.69) is 6.92 Å². The zero-order chi connectivity index (χ0) is 13.8. The van der Waals surface area contributed by atoms with Crippen LogP contribution in [0.15, 0.2) is 18.2 Å². The van der Waals surface area contributed by atoms with Gasteiger partial charge in [0.1, 0.15) is 5.82 Å². The number of benzene rings is 1. The van der Waals surface area contributed by atoms with Crippen LogP contribution in [0.5, 0.6) is 0 Å². The Bertz CT molecular complexity index is 453. The molecule has 0 radical (unpaired) electrons. The summed E-state index contributed by atoms with van der Waals surface area (Å²) < 4.78 is 13.1. The summed E-state index contributed by atoms with van der Waals surface area (Å²) in [7, 11) is 0. The monoisotopic (exact) mass is 264 g/mol. The third-order valence-corrected chi connectivity index (χ3v) is 3.84. The van der Waals surface area contributed by atoms with Crippen LogP contribution in [-0.2, 0) is 0 Å². The lowest BCUT2D eigenvalue weighted by molar-refractivity contribution is 0.0686. The van der Waals surface area contributed by atoms with Crippen molar-refractivity contribution in [2.24, 2.45) is 5.92 Å². The van der Waals surface area contributed by atoms with Crippen LogP contribution >= 0.6 is 0 Å². The minimum atomic E-state index is -0.474. The zero-order valence-corrected chi connectivity index (χ0v) is 11.4. The average Bonchev–Trinajstić information content (AvgIpc) is 2.42. The number of likely N-dealkylation sites (tertiary alicyclic amines) is 1.